The largest absolute Gasteiger partial charge is 0.312 e. The van der Waals surface area contributed by atoms with Crippen molar-refractivity contribution in [1.29, 1.82) is 0 Å². The van der Waals surface area contributed by atoms with Crippen LogP contribution in [-0.4, -0.2) is 17.8 Å². The van der Waals surface area contributed by atoms with E-state index >= 15 is 0 Å². The average Bonchev–Trinajstić information content (AvgIpc) is 2.61. The Labute approximate surface area is 94.5 Å². The van der Waals surface area contributed by atoms with Crippen molar-refractivity contribution in [3.05, 3.63) is 16.1 Å². The van der Waals surface area contributed by atoms with Crippen LogP contribution in [0, 0.1) is 0 Å². The second-order valence-corrected chi connectivity index (χ2v) is 5.25. The average molecular weight is 230 g/mol. The molecule has 0 amide bonds. The standard InChI is InChI=1S/C10H18N2S2/c1-3-4-5-11-6-9-7-12-10(14-9)8-13-2/h7,11H,3-6,8H2,1-2H3. The quantitative estimate of drug-likeness (QED) is 0.729. The van der Waals surface area contributed by atoms with Crippen LogP contribution in [0.2, 0.25) is 0 Å². The minimum Gasteiger partial charge on any atom is -0.312 e. The minimum absolute atomic E-state index is 0.978. The van der Waals surface area contributed by atoms with Gasteiger partial charge in [0.25, 0.3) is 0 Å². The van der Waals surface area contributed by atoms with E-state index in [-0.39, 0.29) is 0 Å². The van der Waals surface area contributed by atoms with Crippen molar-refractivity contribution in [3.8, 4) is 0 Å². The maximum atomic E-state index is 4.36. The molecule has 0 spiro atoms. The summed E-state index contributed by atoms with van der Waals surface area (Å²) in [6.07, 6.45) is 6.62. The molecule has 0 aliphatic rings. The normalized spacial score (nSPS) is 10.7. The third-order valence-corrected chi connectivity index (χ3v) is 3.62. The molecule has 0 aliphatic carbocycles. The summed E-state index contributed by atoms with van der Waals surface area (Å²) in [6.45, 7) is 4.31. The lowest BCUT2D eigenvalue weighted by atomic mass is 10.3. The first-order valence-electron chi connectivity index (χ1n) is 5.00. The van der Waals surface area contributed by atoms with Crippen molar-refractivity contribution < 1.29 is 0 Å². The van der Waals surface area contributed by atoms with Crippen LogP contribution in [0.4, 0.5) is 0 Å². The Bertz CT molecular complexity index is 248. The molecule has 14 heavy (non-hydrogen) atoms. The molecule has 0 aromatic carbocycles. The molecule has 4 heteroatoms. The second-order valence-electron chi connectivity index (χ2n) is 3.18. The number of aromatic nitrogens is 1. The number of thiazole rings is 1. The summed E-state index contributed by atoms with van der Waals surface area (Å²) in [6, 6.07) is 0. The highest BCUT2D eigenvalue weighted by molar-refractivity contribution is 7.97. The second kappa shape index (κ2) is 7.26. The molecule has 1 aromatic heterocycles. The molecular formula is C10H18N2S2. The summed E-state index contributed by atoms with van der Waals surface area (Å²) in [5.74, 6) is 1.04. The molecule has 0 fully saturated rings. The number of nitrogens with one attached hydrogen (secondary N) is 1. The van der Waals surface area contributed by atoms with Gasteiger partial charge in [0.15, 0.2) is 0 Å². The Hall–Kier alpha value is -0.0600. The smallest absolute Gasteiger partial charge is 0.103 e. The minimum atomic E-state index is 0.978. The summed E-state index contributed by atoms with van der Waals surface area (Å²) < 4.78 is 0. The van der Waals surface area contributed by atoms with Crippen molar-refractivity contribution >= 4 is 23.1 Å². The summed E-state index contributed by atoms with van der Waals surface area (Å²) in [5, 5.41) is 4.66. The van der Waals surface area contributed by atoms with Gasteiger partial charge in [-0.3, -0.25) is 0 Å². The highest BCUT2D eigenvalue weighted by atomic mass is 32.2. The highest BCUT2D eigenvalue weighted by Crippen LogP contribution is 2.16. The van der Waals surface area contributed by atoms with Gasteiger partial charge in [-0.05, 0) is 19.2 Å². The van der Waals surface area contributed by atoms with Crippen LogP contribution in [0.25, 0.3) is 0 Å². The molecule has 0 aliphatic heterocycles. The Morgan fingerprint density at radius 2 is 2.43 bits per heavy atom. The van der Waals surface area contributed by atoms with Gasteiger partial charge < -0.3 is 5.32 Å². The maximum absolute atomic E-state index is 4.36. The van der Waals surface area contributed by atoms with Crippen molar-refractivity contribution in [1.82, 2.24) is 10.3 Å². The van der Waals surface area contributed by atoms with E-state index in [2.05, 4.69) is 23.5 Å². The van der Waals surface area contributed by atoms with E-state index in [9.17, 15) is 0 Å². The molecule has 0 bridgehead atoms. The van der Waals surface area contributed by atoms with Crippen LogP contribution in [0.3, 0.4) is 0 Å². The van der Waals surface area contributed by atoms with Gasteiger partial charge in [-0.1, -0.05) is 13.3 Å². The molecule has 0 saturated heterocycles. The van der Waals surface area contributed by atoms with Crippen LogP contribution in [0.5, 0.6) is 0 Å². The summed E-state index contributed by atoms with van der Waals surface area (Å²) in [7, 11) is 0. The molecule has 80 valence electrons. The Morgan fingerprint density at radius 3 is 3.14 bits per heavy atom. The van der Waals surface area contributed by atoms with E-state index in [1.165, 1.54) is 22.7 Å². The third-order valence-electron chi connectivity index (χ3n) is 1.88. The number of thioether (sulfide) groups is 1. The van der Waals surface area contributed by atoms with E-state index in [4.69, 9.17) is 0 Å². The lowest BCUT2D eigenvalue weighted by Crippen LogP contribution is -2.13. The summed E-state index contributed by atoms with van der Waals surface area (Å²) in [4.78, 5) is 5.71. The van der Waals surface area contributed by atoms with Gasteiger partial charge >= 0.3 is 0 Å². The van der Waals surface area contributed by atoms with Crippen LogP contribution in [0.1, 0.15) is 29.7 Å². The highest BCUT2D eigenvalue weighted by Gasteiger charge is 2.00. The SMILES string of the molecule is CCCCNCc1cnc(CSC)s1. The lowest BCUT2D eigenvalue weighted by molar-refractivity contribution is 0.645. The van der Waals surface area contributed by atoms with Gasteiger partial charge in [-0.15, -0.1) is 11.3 Å². The van der Waals surface area contributed by atoms with Gasteiger partial charge in [0.2, 0.25) is 0 Å². The summed E-state index contributed by atoms with van der Waals surface area (Å²) in [5.41, 5.74) is 0. The van der Waals surface area contributed by atoms with Crippen LogP contribution < -0.4 is 5.32 Å². The Balaban J connectivity index is 2.22. The molecule has 1 rings (SSSR count). The number of rotatable bonds is 7. The van der Waals surface area contributed by atoms with Gasteiger partial charge in [0.05, 0.1) is 0 Å². The van der Waals surface area contributed by atoms with Gasteiger partial charge in [-0.2, -0.15) is 11.8 Å². The molecule has 2 nitrogen and oxygen atoms in total. The molecule has 1 heterocycles. The monoisotopic (exact) mass is 230 g/mol. The fourth-order valence-electron chi connectivity index (χ4n) is 1.13. The zero-order valence-corrected chi connectivity index (χ0v) is 10.5. The number of hydrogen-bond donors (Lipinski definition) is 1. The number of unbranched alkanes of at least 4 members (excludes halogenated alkanes) is 1. The number of nitrogens with zero attached hydrogens (tertiary/aromatic N) is 1. The predicted octanol–water partition coefficient (Wildman–Crippen LogP) is 2.90. The molecule has 0 radical (unpaired) electrons. The van der Waals surface area contributed by atoms with Crippen LogP contribution >= 0.6 is 23.1 Å². The summed E-state index contributed by atoms with van der Waals surface area (Å²) >= 11 is 3.65. The van der Waals surface area contributed by atoms with Crippen LogP contribution in [0.15, 0.2) is 6.20 Å². The van der Waals surface area contributed by atoms with E-state index in [0.717, 1.165) is 18.8 Å². The topological polar surface area (TPSA) is 24.9 Å². The van der Waals surface area contributed by atoms with Gasteiger partial charge in [0, 0.05) is 23.4 Å². The molecule has 0 unspecified atom stereocenters. The zero-order valence-electron chi connectivity index (χ0n) is 8.88. The van der Waals surface area contributed by atoms with E-state index < -0.39 is 0 Å². The first-order chi connectivity index (χ1) is 6.86. The fraction of sp³-hybridized carbons (Fsp3) is 0.700. The molecule has 0 atom stereocenters. The first-order valence-corrected chi connectivity index (χ1v) is 7.21. The van der Waals surface area contributed by atoms with Crippen molar-refractivity contribution in [3.63, 3.8) is 0 Å². The molecule has 1 N–H and O–H groups in total. The lowest BCUT2D eigenvalue weighted by Gasteiger charge is -1.99. The van der Waals surface area contributed by atoms with E-state index in [1.807, 2.05) is 29.3 Å². The third kappa shape index (κ3) is 4.44. The molecule has 1 aromatic rings. The van der Waals surface area contributed by atoms with Crippen molar-refractivity contribution in [2.24, 2.45) is 0 Å². The molecular weight excluding hydrogens is 212 g/mol. The van der Waals surface area contributed by atoms with Crippen molar-refractivity contribution in [2.45, 2.75) is 32.1 Å². The fourth-order valence-corrected chi connectivity index (χ4v) is 2.73. The van der Waals surface area contributed by atoms with Crippen molar-refractivity contribution in [2.75, 3.05) is 12.8 Å². The number of hydrogen-bond acceptors (Lipinski definition) is 4. The zero-order chi connectivity index (χ0) is 10.2. The van der Waals surface area contributed by atoms with Gasteiger partial charge in [0.1, 0.15) is 5.01 Å². The van der Waals surface area contributed by atoms with Crippen LogP contribution in [-0.2, 0) is 12.3 Å². The Morgan fingerprint density at radius 1 is 1.57 bits per heavy atom. The first kappa shape index (κ1) is 12.0. The predicted molar refractivity (Wildman–Crippen MR) is 65.9 cm³/mol. The molecule has 0 saturated carbocycles. The maximum Gasteiger partial charge on any atom is 0.103 e. The van der Waals surface area contributed by atoms with Gasteiger partial charge in [-0.25, -0.2) is 4.98 Å². The van der Waals surface area contributed by atoms with E-state index in [0.29, 0.717) is 0 Å². The Kier molecular flexibility index (Phi) is 6.23. The van der Waals surface area contributed by atoms with E-state index in [1.54, 1.807) is 0 Å².